The van der Waals surface area contributed by atoms with E-state index in [9.17, 15) is 0 Å². The molecule has 2 unspecified atom stereocenters. The number of hydrogen-bond acceptors (Lipinski definition) is 5. The Morgan fingerprint density at radius 1 is 1.58 bits per heavy atom. The Labute approximate surface area is 125 Å². The summed E-state index contributed by atoms with van der Waals surface area (Å²) in [5.74, 6) is 1.17. The maximum atomic E-state index is 4.90. The van der Waals surface area contributed by atoms with Crippen LogP contribution in [0.25, 0.3) is 0 Å². The van der Waals surface area contributed by atoms with E-state index >= 15 is 0 Å². The largest absolute Gasteiger partial charge is 0.347 e. The van der Waals surface area contributed by atoms with Gasteiger partial charge in [-0.1, -0.05) is 18.3 Å². The number of aromatic nitrogens is 1. The molecule has 0 aliphatic heterocycles. The summed E-state index contributed by atoms with van der Waals surface area (Å²) in [5.41, 5.74) is 1.33. The van der Waals surface area contributed by atoms with Gasteiger partial charge in [0.25, 0.3) is 0 Å². The highest BCUT2D eigenvalue weighted by atomic mass is 32.2. The van der Waals surface area contributed by atoms with Crippen LogP contribution in [0, 0.1) is 0 Å². The summed E-state index contributed by atoms with van der Waals surface area (Å²) in [4.78, 5) is 8.74. The van der Waals surface area contributed by atoms with Crippen LogP contribution in [-0.2, 0) is 6.42 Å². The molecular weight excluding hydrogens is 274 g/mol. The summed E-state index contributed by atoms with van der Waals surface area (Å²) in [7, 11) is 4.26. The second kappa shape index (κ2) is 6.95. The molecule has 5 heteroatoms. The van der Waals surface area contributed by atoms with E-state index < -0.39 is 0 Å². The van der Waals surface area contributed by atoms with Gasteiger partial charge in [0.15, 0.2) is 5.13 Å². The highest BCUT2D eigenvalue weighted by molar-refractivity contribution is 7.98. The quantitative estimate of drug-likeness (QED) is 0.872. The molecule has 2 atom stereocenters. The van der Waals surface area contributed by atoms with Crippen LogP contribution in [0.5, 0.6) is 0 Å². The lowest BCUT2D eigenvalue weighted by molar-refractivity contribution is 0.501. The van der Waals surface area contributed by atoms with Gasteiger partial charge in [-0.15, -0.1) is 0 Å². The average molecular weight is 300 g/mol. The number of hydrogen-bond donors (Lipinski definition) is 1. The summed E-state index contributed by atoms with van der Waals surface area (Å²) in [6.07, 6.45) is 7.01. The van der Waals surface area contributed by atoms with Crippen molar-refractivity contribution in [3.63, 3.8) is 0 Å². The van der Waals surface area contributed by atoms with E-state index in [2.05, 4.69) is 37.5 Å². The molecule has 108 valence electrons. The van der Waals surface area contributed by atoms with Crippen molar-refractivity contribution >= 4 is 28.2 Å². The van der Waals surface area contributed by atoms with Crippen molar-refractivity contribution in [3.8, 4) is 0 Å². The van der Waals surface area contributed by atoms with E-state index in [1.54, 1.807) is 0 Å². The van der Waals surface area contributed by atoms with Crippen LogP contribution < -0.4 is 10.2 Å². The smallest absolute Gasteiger partial charge is 0.185 e. The first-order valence-electron chi connectivity index (χ1n) is 7.09. The molecular formula is C14H25N3S2. The van der Waals surface area contributed by atoms with Crippen LogP contribution in [-0.4, -0.2) is 37.1 Å². The fourth-order valence-electron chi connectivity index (χ4n) is 2.69. The molecule has 1 aliphatic rings. The second-order valence-electron chi connectivity index (χ2n) is 5.17. The van der Waals surface area contributed by atoms with E-state index in [1.165, 1.54) is 40.7 Å². The first kappa shape index (κ1) is 15.1. The standard InChI is InChI=1S/C14H25N3S2/c1-5-10(9-18-4)17(3)14-16-12-8-6-7-11(15-2)13(12)19-14/h10-11,15H,5-9H2,1-4H3. The third-order valence-corrected chi connectivity index (χ3v) is 5.99. The number of thioether (sulfide) groups is 1. The maximum absolute atomic E-state index is 4.90. The van der Waals surface area contributed by atoms with Gasteiger partial charge >= 0.3 is 0 Å². The van der Waals surface area contributed by atoms with E-state index in [0.29, 0.717) is 12.1 Å². The molecule has 1 aromatic heterocycles. The van der Waals surface area contributed by atoms with E-state index in [-0.39, 0.29) is 0 Å². The molecule has 0 saturated carbocycles. The number of thiazole rings is 1. The predicted molar refractivity (Wildman–Crippen MR) is 87.7 cm³/mol. The van der Waals surface area contributed by atoms with Gasteiger partial charge in [0.2, 0.25) is 0 Å². The average Bonchev–Trinajstić information content (AvgIpc) is 2.87. The molecule has 0 fully saturated rings. The Morgan fingerprint density at radius 2 is 2.37 bits per heavy atom. The van der Waals surface area contributed by atoms with Gasteiger partial charge in [-0.05, 0) is 39.0 Å². The highest BCUT2D eigenvalue weighted by Crippen LogP contribution is 2.37. The molecule has 1 N–H and O–H groups in total. The van der Waals surface area contributed by atoms with Crippen LogP contribution in [0.3, 0.4) is 0 Å². The second-order valence-corrected chi connectivity index (χ2v) is 7.09. The Hall–Kier alpha value is -0.260. The van der Waals surface area contributed by atoms with Gasteiger partial charge < -0.3 is 10.2 Å². The molecule has 0 spiro atoms. The van der Waals surface area contributed by atoms with Crippen molar-refractivity contribution < 1.29 is 0 Å². The van der Waals surface area contributed by atoms with Crippen molar-refractivity contribution in [2.24, 2.45) is 0 Å². The fraction of sp³-hybridized carbons (Fsp3) is 0.786. The van der Waals surface area contributed by atoms with E-state index in [4.69, 9.17) is 4.98 Å². The summed E-state index contributed by atoms with van der Waals surface area (Å²) in [6, 6.07) is 1.11. The van der Waals surface area contributed by atoms with Crippen LogP contribution in [0.4, 0.5) is 5.13 Å². The van der Waals surface area contributed by atoms with Gasteiger partial charge in [0.05, 0.1) is 5.69 Å². The molecule has 1 heterocycles. The number of anilines is 1. The molecule has 0 amide bonds. The van der Waals surface area contributed by atoms with Crippen LogP contribution >= 0.6 is 23.1 Å². The molecule has 0 saturated heterocycles. The lowest BCUT2D eigenvalue weighted by Gasteiger charge is -2.26. The van der Waals surface area contributed by atoms with Gasteiger partial charge in [-0.2, -0.15) is 11.8 Å². The van der Waals surface area contributed by atoms with Crippen LogP contribution in [0.2, 0.25) is 0 Å². The molecule has 0 bridgehead atoms. The molecule has 1 aromatic rings. The zero-order valence-electron chi connectivity index (χ0n) is 12.4. The lowest BCUT2D eigenvalue weighted by atomic mass is 9.98. The summed E-state index contributed by atoms with van der Waals surface area (Å²) in [6.45, 7) is 2.27. The number of nitrogens with zero attached hydrogens (tertiary/aromatic N) is 2. The first-order chi connectivity index (χ1) is 9.21. The monoisotopic (exact) mass is 299 g/mol. The first-order valence-corrected chi connectivity index (χ1v) is 9.30. The van der Waals surface area contributed by atoms with Crippen LogP contribution in [0.1, 0.15) is 42.8 Å². The van der Waals surface area contributed by atoms with E-state index in [1.807, 2.05) is 23.1 Å². The number of fused-ring (bicyclic) bond motifs is 1. The highest BCUT2D eigenvalue weighted by Gasteiger charge is 2.25. The third-order valence-electron chi connectivity index (χ3n) is 3.97. The Balaban J connectivity index is 2.19. The van der Waals surface area contributed by atoms with Crippen molar-refractivity contribution in [1.82, 2.24) is 10.3 Å². The Bertz CT molecular complexity index is 405. The van der Waals surface area contributed by atoms with Crippen molar-refractivity contribution in [3.05, 3.63) is 10.6 Å². The predicted octanol–water partition coefficient (Wildman–Crippen LogP) is 3.32. The topological polar surface area (TPSA) is 28.2 Å². The van der Waals surface area contributed by atoms with Gasteiger partial charge in [0.1, 0.15) is 0 Å². The summed E-state index contributed by atoms with van der Waals surface area (Å²) >= 11 is 3.81. The minimum Gasteiger partial charge on any atom is -0.347 e. The van der Waals surface area contributed by atoms with E-state index in [0.717, 1.165) is 6.42 Å². The van der Waals surface area contributed by atoms with Crippen molar-refractivity contribution in [2.75, 3.05) is 31.0 Å². The number of rotatable bonds is 6. The number of aryl methyl sites for hydroxylation is 1. The Morgan fingerprint density at radius 3 is 3.00 bits per heavy atom. The minimum absolute atomic E-state index is 0.518. The lowest BCUT2D eigenvalue weighted by Crippen LogP contribution is -2.33. The van der Waals surface area contributed by atoms with Gasteiger partial charge in [0, 0.05) is 29.8 Å². The SMILES string of the molecule is CCC(CSC)N(C)c1nc2c(s1)C(NC)CCC2. The fourth-order valence-corrected chi connectivity index (χ4v) is 4.82. The third kappa shape index (κ3) is 3.26. The summed E-state index contributed by atoms with van der Waals surface area (Å²) < 4.78 is 0. The normalized spacial score (nSPS) is 20.1. The molecule has 1 aliphatic carbocycles. The van der Waals surface area contributed by atoms with Crippen LogP contribution in [0.15, 0.2) is 0 Å². The summed E-state index contributed by atoms with van der Waals surface area (Å²) in [5, 5.41) is 4.63. The Kier molecular flexibility index (Phi) is 5.54. The molecule has 0 aromatic carbocycles. The minimum atomic E-state index is 0.518. The molecule has 2 rings (SSSR count). The number of nitrogens with one attached hydrogen (secondary N) is 1. The van der Waals surface area contributed by atoms with Gasteiger partial charge in [-0.25, -0.2) is 4.98 Å². The van der Waals surface area contributed by atoms with Gasteiger partial charge in [-0.3, -0.25) is 0 Å². The zero-order valence-corrected chi connectivity index (χ0v) is 14.0. The van der Waals surface area contributed by atoms with Crippen molar-refractivity contribution in [2.45, 2.75) is 44.7 Å². The molecule has 3 nitrogen and oxygen atoms in total. The maximum Gasteiger partial charge on any atom is 0.185 e. The molecule has 19 heavy (non-hydrogen) atoms. The van der Waals surface area contributed by atoms with Crippen molar-refractivity contribution in [1.29, 1.82) is 0 Å². The zero-order chi connectivity index (χ0) is 13.8. The molecule has 0 radical (unpaired) electrons.